The second-order valence-electron chi connectivity index (χ2n) is 2.97. The monoisotopic (exact) mass is 230 g/mol. The summed E-state index contributed by atoms with van der Waals surface area (Å²) in [6, 6.07) is 4.82. The highest BCUT2D eigenvalue weighted by molar-refractivity contribution is 9.09. The SMILES string of the molecule is OC1c2cccc(F)c2CC1Br. The molecule has 0 heterocycles. The summed E-state index contributed by atoms with van der Waals surface area (Å²) >= 11 is 3.30. The molecule has 2 unspecified atom stereocenters. The van der Waals surface area contributed by atoms with Crippen molar-refractivity contribution in [1.82, 2.24) is 0 Å². The van der Waals surface area contributed by atoms with Gasteiger partial charge < -0.3 is 5.11 Å². The molecule has 64 valence electrons. The van der Waals surface area contributed by atoms with E-state index < -0.39 is 6.10 Å². The molecule has 1 aromatic rings. The summed E-state index contributed by atoms with van der Waals surface area (Å²) in [6.45, 7) is 0. The van der Waals surface area contributed by atoms with Crippen LogP contribution in [0.25, 0.3) is 0 Å². The first-order valence-electron chi connectivity index (χ1n) is 3.79. The fraction of sp³-hybridized carbons (Fsp3) is 0.333. The lowest BCUT2D eigenvalue weighted by atomic mass is 10.1. The van der Waals surface area contributed by atoms with Crippen molar-refractivity contribution in [3.8, 4) is 0 Å². The van der Waals surface area contributed by atoms with Crippen LogP contribution in [0.2, 0.25) is 0 Å². The first-order valence-corrected chi connectivity index (χ1v) is 4.71. The predicted molar refractivity (Wildman–Crippen MR) is 47.8 cm³/mol. The molecule has 0 amide bonds. The maximum absolute atomic E-state index is 13.1. The van der Waals surface area contributed by atoms with Gasteiger partial charge in [0, 0.05) is 4.83 Å². The van der Waals surface area contributed by atoms with E-state index in [-0.39, 0.29) is 10.6 Å². The third kappa shape index (κ3) is 1.08. The average Bonchev–Trinajstić information content (AvgIpc) is 2.32. The van der Waals surface area contributed by atoms with Gasteiger partial charge in [0.15, 0.2) is 0 Å². The van der Waals surface area contributed by atoms with Crippen LogP contribution in [0, 0.1) is 5.82 Å². The maximum atomic E-state index is 13.1. The lowest BCUT2D eigenvalue weighted by molar-refractivity contribution is 0.187. The molecule has 1 N–H and O–H groups in total. The minimum atomic E-state index is -0.560. The van der Waals surface area contributed by atoms with Crippen LogP contribution in [-0.4, -0.2) is 9.93 Å². The van der Waals surface area contributed by atoms with Crippen molar-refractivity contribution in [1.29, 1.82) is 0 Å². The van der Waals surface area contributed by atoms with Gasteiger partial charge in [-0.2, -0.15) is 0 Å². The number of alkyl halides is 1. The zero-order chi connectivity index (χ0) is 8.72. The molecule has 0 fully saturated rings. The lowest BCUT2D eigenvalue weighted by Crippen LogP contribution is -2.03. The molecule has 1 aliphatic carbocycles. The Morgan fingerprint density at radius 1 is 1.50 bits per heavy atom. The van der Waals surface area contributed by atoms with Crippen molar-refractivity contribution >= 4 is 15.9 Å². The first-order chi connectivity index (χ1) is 5.70. The third-order valence-corrected chi connectivity index (χ3v) is 3.04. The Morgan fingerprint density at radius 3 is 2.92 bits per heavy atom. The fourth-order valence-corrected chi connectivity index (χ4v) is 2.18. The van der Waals surface area contributed by atoms with Crippen LogP contribution in [-0.2, 0) is 6.42 Å². The molecule has 0 saturated carbocycles. The molecule has 0 aliphatic heterocycles. The number of halogens is 2. The van der Waals surface area contributed by atoms with Gasteiger partial charge in [0.25, 0.3) is 0 Å². The van der Waals surface area contributed by atoms with Crippen LogP contribution in [0.15, 0.2) is 18.2 Å². The molecule has 0 aromatic heterocycles. The van der Waals surface area contributed by atoms with Gasteiger partial charge in [-0.15, -0.1) is 0 Å². The third-order valence-electron chi connectivity index (χ3n) is 2.22. The zero-order valence-corrected chi connectivity index (χ0v) is 7.88. The van der Waals surface area contributed by atoms with Gasteiger partial charge in [-0.25, -0.2) is 4.39 Å². The number of rotatable bonds is 0. The number of fused-ring (bicyclic) bond motifs is 1. The zero-order valence-electron chi connectivity index (χ0n) is 6.30. The Bertz CT molecular complexity index is 313. The van der Waals surface area contributed by atoms with Crippen LogP contribution in [0.4, 0.5) is 4.39 Å². The van der Waals surface area contributed by atoms with Gasteiger partial charge in [0.1, 0.15) is 5.82 Å². The maximum Gasteiger partial charge on any atom is 0.126 e. The van der Waals surface area contributed by atoms with Crippen molar-refractivity contribution in [2.24, 2.45) is 0 Å². The quantitative estimate of drug-likeness (QED) is 0.678. The van der Waals surface area contributed by atoms with Crippen LogP contribution in [0.5, 0.6) is 0 Å². The summed E-state index contributed by atoms with van der Waals surface area (Å²) in [7, 11) is 0. The number of aliphatic hydroxyl groups excluding tert-OH is 1. The van der Waals surface area contributed by atoms with E-state index in [1.807, 2.05) is 0 Å². The summed E-state index contributed by atoms with van der Waals surface area (Å²) in [5.41, 5.74) is 1.36. The van der Waals surface area contributed by atoms with Crippen LogP contribution >= 0.6 is 15.9 Å². The first kappa shape index (κ1) is 8.20. The molecule has 0 spiro atoms. The van der Waals surface area contributed by atoms with Gasteiger partial charge >= 0.3 is 0 Å². The average molecular weight is 231 g/mol. The number of benzene rings is 1. The Morgan fingerprint density at radius 2 is 2.25 bits per heavy atom. The number of hydrogen-bond donors (Lipinski definition) is 1. The Hall–Kier alpha value is -0.410. The van der Waals surface area contributed by atoms with E-state index >= 15 is 0 Å². The van der Waals surface area contributed by atoms with Crippen molar-refractivity contribution in [2.45, 2.75) is 17.4 Å². The smallest absolute Gasteiger partial charge is 0.126 e. The van der Waals surface area contributed by atoms with E-state index in [1.54, 1.807) is 12.1 Å². The summed E-state index contributed by atoms with van der Waals surface area (Å²) in [6.07, 6.45) is 0.0131. The minimum Gasteiger partial charge on any atom is -0.387 e. The van der Waals surface area contributed by atoms with Crippen LogP contribution < -0.4 is 0 Å². The minimum absolute atomic E-state index is 0.0376. The summed E-state index contributed by atoms with van der Waals surface area (Å²) in [5, 5.41) is 9.56. The largest absolute Gasteiger partial charge is 0.387 e. The Balaban J connectivity index is 2.53. The molecule has 1 aliphatic rings. The van der Waals surface area contributed by atoms with Crippen LogP contribution in [0.3, 0.4) is 0 Å². The van der Waals surface area contributed by atoms with E-state index in [4.69, 9.17) is 0 Å². The van der Waals surface area contributed by atoms with E-state index in [0.29, 0.717) is 12.0 Å². The summed E-state index contributed by atoms with van der Waals surface area (Å²) < 4.78 is 13.1. The van der Waals surface area contributed by atoms with Gasteiger partial charge in [0.2, 0.25) is 0 Å². The van der Waals surface area contributed by atoms with Crippen molar-refractivity contribution in [2.75, 3.05) is 0 Å². The number of aliphatic hydroxyl groups is 1. The molecular weight excluding hydrogens is 223 g/mol. The molecule has 2 atom stereocenters. The molecule has 1 aromatic carbocycles. The Labute approximate surface area is 78.3 Å². The lowest BCUT2D eigenvalue weighted by Gasteiger charge is -2.05. The second kappa shape index (κ2) is 2.82. The van der Waals surface area contributed by atoms with E-state index in [0.717, 1.165) is 5.56 Å². The van der Waals surface area contributed by atoms with E-state index in [1.165, 1.54) is 6.07 Å². The van der Waals surface area contributed by atoms with E-state index in [9.17, 15) is 9.50 Å². The molecule has 0 saturated heterocycles. The highest BCUT2D eigenvalue weighted by atomic mass is 79.9. The normalized spacial score (nSPS) is 27.2. The standard InChI is InChI=1S/C9H8BrFO/c10-7-4-6-5(9(7)12)2-1-3-8(6)11/h1-3,7,9,12H,4H2. The van der Waals surface area contributed by atoms with Gasteiger partial charge in [-0.1, -0.05) is 28.1 Å². The number of hydrogen-bond acceptors (Lipinski definition) is 1. The topological polar surface area (TPSA) is 20.2 Å². The Kier molecular flexibility index (Phi) is 1.93. The summed E-state index contributed by atoms with van der Waals surface area (Å²) in [5.74, 6) is -0.214. The van der Waals surface area contributed by atoms with Crippen molar-refractivity contribution < 1.29 is 9.50 Å². The molecule has 2 rings (SSSR count). The van der Waals surface area contributed by atoms with Gasteiger partial charge in [-0.05, 0) is 23.6 Å². The molecule has 1 nitrogen and oxygen atoms in total. The van der Waals surface area contributed by atoms with Crippen molar-refractivity contribution in [3.05, 3.63) is 35.1 Å². The van der Waals surface area contributed by atoms with E-state index in [2.05, 4.69) is 15.9 Å². The summed E-state index contributed by atoms with van der Waals surface area (Å²) in [4.78, 5) is -0.0376. The van der Waals surface area contributed by atoms with Gasteiger partial charge in [-0.3, -0.25) is 0 Å². The van der Waals surface area contributed by atoms with Crippen LogP contribution in [0.1, 0.15) is 17.2 Å². The second-order valence-corrected chi connectivity index (χ2v) is 4.15. The molecule has 0 radical (unpaired) electrons. The molecule has 12 heavy (non-hydrogen) atoms. The molecule has 0 bridgehead atoms. The van der Waals surface area contributed by atoms with Crippen molar-refractivity contribution in [3.63, 3.8) is 0 Å². The molecular formula is C9H8BrFO. The fourth-order valence-electron chi connectivity index (χ4n) is 1.57. The molecule has 3 heteroatoms. The van der Waals surface area contributed by atoms with Gasteiger partial charge in [0.05, 0.1) is 6.10 Å². The predicted octanol–water partition coefficient (Wildman–Crippen LogP) is 2.18. The highest BCUT2D eigenvalue weighted by Gasteiger charge is 2.30. The highest BCUT2D eigenvalue weighted by Crippen LogP contribution is 2.36.